The maximum atomic E-state index is 11.0. The lowest BCUT2D eigenvalue weighted by atomic mass is 9.89. The molecule has 0 bridgehead atoms. The van der Waals surface area contributed by atoms with E-state index in [0.717, 1.165) is 0 Å². The van der Waals surface area contributed by atoms with Gasteiger partial charge in [0.2, 0.25) is 0 Å². The number of allylic oxidation sites excluding steroid dienone is 1. The van der Waals surface area contributed by atoms with Gasteiger partial charge >= 0.3 is 5.97 Å². The topological polar surface area (TPSA) is 26.3 Å². The van der Waals surface area contributed by atoms with Gasteiger partial charge in [0.05, 0.1) is 7.98 Å². The Morgan fingerprint density at radius 3 is 2.85 bits per heavy atom. The average Bonchev–Trinajstić information content (AvgIpc) is 2.04. The molecule has 0 aliphatic carbocycles. The largest absolute Gasteiger partial charge is 0.463 e. The van der Waals surface area contributed by atoms with E-state index in [2.05, 4.69) is 5.92 Å². The maximum Gasteiger partial charge on any atom is 0.330 e. The highest BCUT2D eigenvalue weighted by Crippen LogP contribution is 2.20. The molecular formula is C11H16O2. The minimum absolute atomic E-state index is 0.203. The van der Waals surface area contributed by atoms with Crippen LogP contribution in [0.5, 0.6) is 0 Å². The first-order valence-corrected chi connectivity index (χ1v) is 4.23. The minimum Gasteiger partial charge on any atom is -0.463 e. The summed E-state index contributed by atoms with van der Waals surface area (Å²) in [6, 6.07) is 0.203. The Balaban J connectivity index is 4.52. The van der Waals surface area contributed by atoms with Crippen molar-refractivity contribution < 1.29 is 10.9 Å². The molecule has 13 heavy (non-hydrogen) atoms. The van der Waals surface area contributed by atoms with Crippen LogP contribution in [0.4, 0.5) is 0 Å². The Bertz CT molecular complexity index is 272. The van der Waals surface area contributed by atoms with Crippen molar-refractivity contribution in [1.29, 1.82) is 0 Å². The summed E-state index contributed by atoms with van der Waals surface area (Å²) >= 11 is 0. The van der Waals surface area contributed by atoms with Gasteiger partial charge in [-0.1, -0.05) is 19.9 Å². The summed E-state index contributed by atoms with van der Waals surface area (Å²) in [5.74, 6) is 2.00. The Hall–Kier alpha value is -1.23. The Morgan fingerprint density at radius 2 is 2.38 bits per heavy atom. The molecular weight excluding hydrogens is 164 g/mol. The fourth-order valence-corrected chi connectivity index (χ4v) is 0.744. The van der Waals surface area contributed by atoms with E-state index in [-0.39, 0.29) is 6.05 Å². The van der Waals surface area contributed by atoms with Crippen LogP contribution in [0.1, 0.15) is 28.6 Å². The zero-order valence-electron chi connectivity index (χ0n) is 9.39. The second kappa shape index (κ2) is 5.42. The van der Waals surface area contributed by atoms with Crippen LogP contribution in [0, 0.1) is 17.8 Å². The SMILES string of the molecule is [2H]/C(=C\C(=O)OCC)C(C)(C)CC#C. The van der Waals surface area contributed by atoms with Gasteiger partial charge in [0, 0.05) is 12.5 Å². The summed E-state index contributed by atoms with van der Waals surface area (Å²) < 4.78 is 12.4. The van der Waals surface area contributed by atoms with Crippen LogP contribution in [0.3, 0.4) is 0 Å². The second-order valence-electron chi connectivity index (χ2n) is 3.31. The van der Waals surface area contributed by atoms with Crippen LogP contribution in [-0.4, -0.2) is 12.6 Å². The fourth-order valence-electron chi connectivity index (χ4n) is 0.744. The molecule has 2 heteroatoms. The van der Waals surface area contributed by atoms with Crippen molar-refractivity contribution >= 4 is 5.97 Å². The summed E-state index contributed by atoms with van der Waals surface area (Å²) in [5, 5.41) is 0. The molecule has 0 atom stereocenters. The molecule has 0 heterocycles. The lowest BCUT2D eigenvalue weighted by molar-refractivity contribution is -0.137. The van der Waals surface area contributed by atoms with Crippen LogP contribution in [-0.2, 0) is 9.53 Å². The molecule has 0 N–H and O–H groups in total. The van der Waals surface area contributed by atoms with Gasteiger partial charge in [0.1, 0.15) is 0 Å². The van der Waals surface area contributed by atoms with E-state index in [9.17, 15) is 4.79 Å². The average molecular weight is 181 g/mol. The van der Waals surface area contributed by atoms with Crippen LogP contribution >= 0.6 is 0 Å². The molecule has 0 unspecified atom stereocenters. The van der Waals surface area contributed by atoms with Crippen molar-refractivity contribution in [2.45, 2.75) is 27.2 Å². The van der Waals surface area contributed by atoms with E-state index < -0.39 is 11.4 Å². The van der Waals surface area contributed by atoms with E-state index >= 15 is 0 Å². The lowest BCUT2D eigenvalue weighted by Gasteiger charge is -2.15. The predicted octanol–water partition coefficient (Wildman–Crippen LogP) is 2.16. The van der Waals surface area contributed by atoms with Crippen molar-refractivity contribution in [3.63, 3.8) is 0 Å². The number of hydrogen-bond donors (Lipinski definition) is 0. The quantitative estimate of drug-likeness (QED) is 0.377. The third kappa shape index (κ3) is 5.98. The lowest BCUT2D eigenvalue weighted by Crippen LogP contribution is -2.08. The zero-order chi connectivity index (χ0) is 11.2. The van der Waals surface area contributed by atoms with Crippen LogP contribution in [0.2, 0.25) is 0 Å². The highest BCUT2D eigenvalue weighted by molar-refractivity contribution is 5.81. The Labute approximate surface area is 81.4 Å². The number of carbonyl (C=O) groups excluding carboxylic acids is 1. The van der Waals surface area contributed by atoms with Crippen LogP contribution < -0.4 is 0 Å². The summed E-state index contributed by atoms with van der Waals surface area (Å²) in [7, 11) is 0. The summed E-state index contributed by atoms with van der Waals surface area (Å²) in [6.07, 6.45) is 6.78. The summed E-state index contributed by atoms with van der Waals surface area (Å²) in [5.41, 5.74) is -0.471. The van der Waals surface area contributed by atoms with Crippen molar-refractivity contribution in [3.8, 4) is 12.3 Å². The zero-order valence-corrected chi connectivity index (χ0v) is 8.39. The second-order valence-corrected chi connectivity index (χ2v) is 3.31. The van der Waals surface area contributed by atoms with Gasteiger partial charge in [-0.05, 0) is 12.3 Å². The molecule has 0 spiro atoms. The molecule has 0 aromatic rings. The smallest absolute Gasteiger partial charge is 0.330 e. The predicted molar refractivity (Wildman–Crippen MR) is 53.0 cm³/mol. The van der Waals surface area contributed by atoms with E-state index in [1.54, 1.807) is 6.92 Å². The number of hydrogen-bond acceptors (Lipinski definition) is 2. The van der Waals surface area contributed by atoms with Gasteiger partial charge < -0.3 is 4.74 Å². The van der Waals surface area contributed by atoms with E-state index in [4.69, 9.17) is 12.5 Å². The van der Waals surface area contributed by atoms with Gasteiger partial charge in [-0.2, -0.15) is 0 Å². The molecule has 0 aromatic carbocycles. The molecule has 2 nitrogen and oxygen atoms in total. The molecule has 0 aliphatic rings. The standard InChI is InChI=1S/C11H16O2/c1-5-8-11(3,4)9-7-10(12)13-6-2/h1,7,9H,6,8H2,2-4H3/b9-7+/i9D. The Morgan fingerprint density at radius 1 is 1.77 bits per heavy atom. The normalized spacial score (nSPS) is 13.1. The third-order valence-electron chi connectivity index (χ3n) is 1.41. The van der Waals surface area contributed by atoms with Gasteiger partial charge in [-0.25, -0.2) is 4.79 Å². The summed E-state index contributed by atoms with van der Waals surface area (Å²) in [6.45, 7) is 5.69. The first-order chi connectivity index (χ1) is 6.44. The monoisotopic (exact) mass is 181 g/mol. The first kappa shape index (κ1) is 9.85. The number of ether oxygens (including phenoxy) is 1. The van der Waals surface area contributed by atoms with Crippen molar-refractivity contribution in [1.82, 2.24) is 0 Å². The molecule has 0 radical (unpaired) electrons. The fraction of sp³-hybridized carbons (Fsp3) is 0.545. The van der Waals surface area contributed by atoms with E-state index in [1.807, 2.05) is 13.8 Å². The molecule has 0 amide bonds. The first-order valence-electron chi connectivity index (χ1n) is 4.73. The molecule has 0 rings (SSSR count). The molecule has 0 aromatic heterocycles. The molecule has 0 fully saturated rings. The summed E-state index contributed by atoms with van der Waals surface area (Å²) in [4.78, 5) is 11.0. The number of rotatable bonds is 4. The number of carbonyl (C=O) groups is 1. The van der Waals surface area contributed by atoms with E-state index in [0.29, 0.717) is 13.0 Å². The number of terminal acetylenes is 1. The Kier molecular flexibility index (Phi) is 4.11. The highest BCUT2D eigenvalue weighted by atomic mass is 16.5. The molecule has 0 saturated carbocycles. The van der Waals surface area contributed by atoms with Gasteiger partial charge in [-0.3, -0.25) is 0 Å². The van der Waals surface area contributed by atoms with Crippen LogP contribution in [0.25, 0.3) is 0 Å². The maximum absolute atomic E-state index is 11.0. The highest BCUT2D eigenvalue weighted by Gasteiger charge is 2.12. The number of esters is 1. The third-order valence-corrected chi connectivity index (χ3v) is 1.41. The molecule has 72 valence electrons. The van der Waals surface area contributed by atoms with Crippen molar-refractivity contribution in [3.05, 3.63) is 12.1 Å². The van der Waals surface area contributed by atoms with Crippen molar-refractivity contribution in [2.24, 2.45) is 5.41 Å². The van der Waals surface area contributed by atoms with Crippen molar-refractivity contribution in [2.75, 3.05) is 6.61 Å². The van der Waals surface area contributed by atoms with Crippen LogP contribution in [0.15, 0.2) is 12.1 Å². The van der Waals surface area contributed by atoms with Gasteiger partial charge in [-0.15, -0.1) is 12.3 Å². The molecule has 0 aliphatic heterocycles. The van der Waals surface area contributed by atoms with Gasteiger partial charge in [0.15, 0.2) is 0 Å². The minimum atomic E-state index is -0.484. The molecule has 0 saturated heterocycles. The van der Waals surface area contributed by atoms with Gasteiger partial charge in [0.25, 0.3) is 0 Å². The van der Waals surface area contributed by atoms with E-state index in [1.165, 1.54) is 6.08 Å².